The van der Waals surface area contributed by atoms with Crippen molar-refractivity contribution in [2.75, 3.05) is 0 Å². The number of hydrogen-bond acceptors (Lipinski definition) is 5. The van der Waals surface area contributed by atoms with E-state index in [4.69, 9.17) is 19.7 Å². The third kappa shape index (κ3) is 5.43. The Morgan fingerprint density at radius 2 is 0.946 bits per heavy atom. The molecule has 0 amide bonds. The van der Waals surface area contributed by atoms with E-state index < -0.39 is 5.41 Å². The van der Waals surface area contributed by atoms with Crippen LogP contribution in [0.15, 0.2) is 194 Å². The molecule has 0 fully saturated rings. The van der Waals surface area contributed by atoms with Crippen LogP contribution in [-0.4, -0.2) is 15.0 Å². The van der Waals surface area contributed by atoms with Crippen LogP contribution in [0.4, 0.5) is 0 Å². The predicted octanol–water partition coefficient (Wildman–Crippen LogP) is 12.1. The quantitative estimate of drug-likeness (QED) is 0.171. The van der Waals surface area contributed by atoms with E-state index in [-0.39, 0.29) is 0 Å². The van der Waals surface area contributed by atoms with Crippen LogP contribution in [0.25, 0.3) is 56.1 Å². The molecule has 0 atom stereocenters. The van der Waals surface area contributed by atoms with Gasteiger partial charge in [0.15, 0.2) is 17.5 Å². The summed E-state index contributed by atoms with van der Waals surface area (Å²) < 4.78 is 6.98. The van der Waals surface area contributed by atoms with Crippen molar-refractivity contribution < 1.29 is 4.74 Å². The summed E-state index contributed by atoms with van der Waals surface area (Å²) in [5.41, 5.74) is 8.89. The first-order chi connectivity index (χ1) is 27.7. The summed E-state index contributed by atoms with van der Waals surface area (Å²) in [7, 11) is 0. The van der Waals surface area contributed by atoms with Crippen LogP contribution in [0.5, 0.6) is 11.5 Å². The summed E-state index contributed by atoms with van der Waals surface area (Å²) in [6.07, 6.45) is 0. The van der Waals surface area contributed by atoms with Crippen LogP contribution in [0.3, 0.4) is 0 Å². The molecule has 5 heteroatoms. The lowest BCUT2D eigenvalue weighted by molar-refractivity contribution is 0.436. The van der Waals surface area contributed by atoms with Crippen molar-refractivity contribution in [3.63, 3.8) is 0 Å². The number of fused-ring (bicyclic) bond motifs is 3. The maximum absolute atomic E-state index is 9.29. The van der Waals surface area contributed by atoms with Crippen molar-refractivity contribution in [1.82, 2.24) is 15.0 Å². The number of aromatic nitrogens is 3. The zero-order valence-electron chi connectivity index (χ0n) is 30.2. The molecule has 0 saturated carbocycles. The molecule has 2 heterocycles. The summed E-state index contributed by atoms with van der Waals surface area (Å²) >= 11 is 0. The van der Waals surface area contributed by atoms with Crippen LogP contribution in [0, 0.1) is 11.3 Å². The van der Waals surface area contributed by atoms with Gasteiger partial charge in [-0.2, -0.15) is 5.26 Å². The molecule has 262 valence electrons. The number of ether oxygens (including phenoxy) is 1. The van der Waals surface area contributed by atoms with Crippen molar-refractivity contribution in [3.8, 4) is 62.9 Å². The Labute approximate surface area is 324 Å². The van der Waals surface area contributed by atoms with Gasteiger partial charge in [-0.15, -0.1) is 0 Å². The van der Waals surface area contributed by atoms with Crippen LogP contribution in [-0.2, 0) is 5.41 Å². The van der Waals surface area contributed by atoms with Gasteiger partial charge in [-0.3, -0.25) is 0 Å². The molecular formula is C51H32N4O. The summed E-state index contributed by atoms with van der Waals surface area (Å²) in [6.45, 7) is 0. The molecule has 1 aromatic heterocycles. The van der Waals surface area contributed by atoms with Gasteiger partial charge < -0.3 is 4.74 Å². The van der Waals surface area contributed by atoms with E-state index in [1.165, 1.54) is 0 Å². The Morgan fingerprint density at radius 1 is 0.429 bits per heavy atom. The summed E-state index contributed by atoms with van der Waals surface area (Å²) in [4.78, 5) is 15.6. The van der Waals surface area contributed by atoms with Crippen LogP contribution < -0.4 is 4.74 Å². The highest BCUT2D eigenvalue weighted by Gasteiger charge is 2.46. The summed E-state index contributed by atoms with van der Waals surface area (Å²) in [6, 6.07) is 68.5. The van der Waals surface area contributed by atoms with Gasteiger partial charge >= 0.3 is 0 Å². The second kappa shape index (κ2) is 13.6. The lowest BCUT2D eigenvalue weighted by atomic mass is 9.63. The molecule has 8 aromatic carbocycles. The van der Waals surface area contributed by atoms with Gasteiger partial charge in [0.25, 0.3) is 0 Å². The van der Waals surface area contributed by atoms with Crippen LogP contribution >= 0.6 is 0 Å². The first kappa shape index (κ1) is 32.9. The molecule has 1 aliphatic rings. The van der Waals surface area contributed by atoms with Crippen molar-refractivity contribution in [2.24, 2.45) is 0 Å². The van der Waals surface area contributed by atoms with Gasteiger partial charge in [0.05, 0.1) is 22.6 Å². The Kier molecular flexibility index (Phi) is 8.01. The maximum atomic E-state index is 9.29. The molecule has 0 aliphatic carbocycles. The van der Waals surface area contributed by atoms with E-state index in [2.05, 4.69) is 127 Å². The van der Waals surface area contributed by atoms with Gasteiger partial charge in [0.1, 0.15) is 11.5 Å². The predicted molar refractivity (Wildman–Crippen MR) is 222 cm³/mol. The molecule has 0 bridgehead atoms. The van der Waals surface area contributed by atoms with E-state index in [1.807, 2.05) is 72.8 Å². The monoisotopic (exact) mass is 716 g/mol. The summed E-state index contributed by atoms with van der Waals surface area (Å²) in [5, 5.41) is 11.5. The average Bonchev–Trinajstić information content (AvgIpc) is 3.28. The number of nitrogens with zero attached hydrogens (tertiary/aromatic N) is 4. The summed E-state index contributed by atoms with van der Waals surface area (Å²) in [5.74, 6) is 3.12. The standard InChI is InChI=1S/C51H32N4O/c52-33-34-25-27-35(28-26-34)36-29-31-38(32-30-36)48-53-49(42-20-11-14-37-13-7-8-19-41(37)42)55-50(54-48)43-21-12-23-45-47(43)56-46-24-10-9-22-44(46)51(45,39-15-3-1-4-16-39)40-17-5-2-6-18-40/h1-32H. The molecule has 5 nitrogen and oxygen atoms in total. The fraction of sp³-hybridized carbons (Fsp3) is 0.0196. The average molecular weight is 717 g/mol. The Morgan fingerprint density at radius 3 is 1.66 bits per heavy atom. The zero-order chi connectivity index (χ0) is 37.5. The minimum absolute atomic E-state index is 0.514. The SMILES string of the molecule is N#Cc1ccc(-c2ccc(-c3nc(-c4cccc5c4Oc4ccccc4C5(c4ccccc4)c4ccccc4)nc(-c4cccc5ccccc45)n3)cc2)cc1. The molecule has 0 unspecified atom stereocenters. The second-order valence-electron chi connectivity index (χ2n) is 13.9. The van der Waals surface area contributed by atoms with E-state index in [0.717, 1.165) is 66.6 Å². The fourth-order valence-electron chi connectivity index (χ4n) is 8.12. The minimum Gasteiger partial charge on any atom is -0.456 e. The van der Waals surface area contributed by atoms with Crippen molar-refractivity contribution in [2.45, 2.75) is 5.41 Å². The Hall–Kier alpha value is -7.68. The van der Waals surface area contributed by atoms with E-state index in [9.17, 15) is 5.26 Å². The molecule has 1 aliphatic heterocycles. The molecular weight excluding hydrogens is 685 g/mol. The molecule has 0 radical (unpaired) electrons. The normalized spacial score (nSPS) is 12.6. The lowest BCUT2D eigenvalue weighted by Crippen LogP contribution is -2.34. The van der Waals surface area contributed by atoms with E-state index in [0.29, 0.717) is 28.8 Å². The third-order valence-corrected chi connectivity index (χ3v) is 10.7. The van der Waals surface area contributed by atoms with Crippen LogP contribution in [0.1, 0.15) is 27.8 Å². The second-order valence-corrected chi connectivity index (χ2v) is 13.9. The molecule has 0 N–H and O–H groups in total. The van der Waals surface area contributed by atoms with Gasteiger partial charge in [0.2, 0.25) is 0 Å². The Bertz CT molecular complexity index is 2890. The number of hydrogen-bond donors (Lipinski definition) is 0. The number of rotatable bonds is 6. The van der Waals surface area contributed by atoms with Crippen LogP contribution in [0.2, 0.25) is 0 Å². The zero-order valence-corrected chi connectivity index (χ0v) is 30.2. The lowest BCUT2D eigenvalue weighted by Gasteiger charge is -2.42. The van der Waals surface area contributed by atoms with Gasteiger partial charge in [-0.1, -0.05) is 170 Å². The smallest absolute Gasteiger partial charge is 0.167 e. The molecule has 10 rings (SSSR count). The first-order valence-corrected chi connectivity index (χ1v) is 18.6. The largest absolute Gasteiger partial charge is 0.456 e. The third-order valence-electron chi connectivity index (χ3n) is 10.7. The highest BCUT2D eigenvalue weighted by molar-refractivity contribution is 5.95. The van der Waals surface area contributed by atoms with E-state index >= 15 is 0 Å². The minimum atomic E-state index is -0.682. The van der Waals surface area contributed by atoms with Crippen molar-refractivity contribution in [3.05, 3.63) is 222 Å². The topological polar surface area (TPSA) is 71.7 Å². The fourth-order valence-corrected chi connectivity index (χ4v) is 8.12. The van der Waals surface area contributed by atoms with Crippen molar-refractivity contribution >= 4 is 10.8 Å². The molecule has 0 spiro atoms. The highest BCUT2D eigenvalue weighted by Crippen LogP contribution is 2.57. The molecule has 0 saturated heterocycles. The number of para-hydroxylation sites is 2. The molecule has 56 heavy (non-hydrogen) atoms. The highest BCUT2D eigenvalue weighted by atomic mass is 16.5. The first-order valence-electron chi connectivity index (χ1n) is 18.6. The van der Waals surface area contributed by atoms with Gasteiger partial charge in [-0.05, 0) is 57.3 Å². The molecule has 9 aromatic rings. The maximum Gasteiger partial charge on any atom is 0.167 e. The van der Waals surface area contributed by atoms with Gasteiger partial charge in [-0.25, -0.2) is 15.0 Å². The Balaban J connectivity index is 1.21. The van der Waals surface area contributed by atoms with E-state index in [1.54, 1.807) is 0 Å². The number of nitriles is 1. The van der Waals surface area contributed by atoms with Crippen molar-refractivity contribution in [1.29, 1.82) is 5.26 Å². The van der Waals surface area contributed by atoms with Gasteiger partial charge in [0, 0.05) is 22.3 Å². The number of benzene rings is 8.